The lowest BCUT2D eigenvalue weighted by Crippen LogP contribution is -2.02. The third-order valence-electron chi connectivity index (χ3n) is 2.89. The normalized spacial score (nSPS) is 10.9. The van der Waals surface area contributed by atoms with Crippen LogP contribution >= 0.6 is 0 Å². The average Bonchev–Trinajstić information content (AvgIpc) is 2.82. The van der Waals surface area contributed by atoms with E-state index in [1.54, 1.807) is 0 Å². The highest BCUT2D eigenvalue weighted by molar-refractivity contribution is 5.84. The summed E-state index contributed by atoms with van der Waals surface area (Å²) in [5, 5.41) is 13.8. The summed E-state index contributed by atoms with van der Waals surface area (Å²) in [5.41, 5.74) is 5.12. The maximum atomic E-state index is 4.45. The van der Waals surface area contributed by atoms with Gasteiger partial charge in [0.1, 0.15) is 6.33 Å². The monoisotopic (exact) mass is 255 g/mol. The quantitative estimate of drug-likeness (QED) is 0.725. The van der Waals surface area contributed by atoms with E-state index < -0.39 is 0 Å². The van der Waals surface area contributed by atoms with E-state index in [2.05, 4.69) is 35.7 Å². The van der Waals surface area contributed by atoms with Crippen molar-refractivity contribution in [1.82, 2.24) is 30.4 Å². The Hall–Kier alpha value is -2.57. The fourth-order valence-electron chi connectivity index (χ4n) is 2.10. The zero-order valence-corrected chi connectivity index (χ0v) is 10.9. The number of H-pyrrole nitrogens is 1. The molecule has 2 N–H and O–H groups in total. The first-order valence-electron chi connectivity index (χ1n) is 5.88. The summed E-state index contributed by atoms with van der Waals surface area (Å²) in [7, 11) is 0. The van der Waals surface area contributed by atoms with Crippen LogP contribution in [0, 0.1) is 20.8 Å². The lowest BCUT2D eigenvalue weighted by Gasteiger charge is -2.12. The first kappa shape index (κ1) is 11.5. The van der Waals surface area contributed by atoms with Crippen molar-refractivity contribution in [3.8, 4) is 0 Å². The number of aromatic amines is 1. The SMILES string of the molecule is Cc1cc(C)c(Nc2ncnc3n[nH]nc23)c(C)n1. The summed E-state index contributed by atoms with van der Waals surface area (Å²) in [4.78, 5) is 12.7. The predicted molar refractivity (Wildman–Crippen MR) is 71.2 cm³/mol. The second-order valence-corrected chi connectivity index (χ2v) is 4.38. The van der Waals surface area contributed by atoms with Gasteiger partial charge in [-0.3, -0.25) is 4.98 Å². The van der Waals surface area contributed by atoms with Gasteiger partial charge in [-0.25, -0.2) is 9.97 Å². The minimum Gasteiger partial charge on any atom is -0.336 e. The highest BCUT2D eigenvalue weighted by Crippen LogP contribution is 2.25. The molecule has 0 fully saturated rings. The van der Waals surface area contributed by atoms with Crippen LogP contribution in [0.2, 0.25) is 0 Å². The lowest BCUT2D eigenvalue weighted by atomic mass is 10.1. The standard InChI is InChI=1S/C12H13N7/c1-6-4-7(2)15-8(3)9(6)16-11-10-12(14-5-13-11)18-19-17-10/h4-5H,1-3H3,(H2,13,14,16,17,18,19). The molecule has 0 bridgehead atoms. The van der Waals surface area contributed by atoms with Crippen molar-refractivity contribution in [3.63, 3.8) is 0 Å². The van der Waals surface area contributed by atoms with Crippen molar-refractivity contribution in [2.45, 2.75) is 20.8 Å². The van der Waals surface area contributed by atoms with Crippen molar-refractivity contribution in [1.29, 1.82) is 0 Å². The molecular formula is C12H13N7. The Morgan fingerprint density at radius 3 is 2.74 bits per heavy atom. The van der Waals surface area contributed by atoms with E-state index in [1.165, 1.54) is 6.33 Å². The second kappa shape index (κ2) is 4.27. The molecule has 19 heavy (non-hydrogen) atoms. The van der Waals surface area contributed by atoms with Crippen molar-refractivity contribution in [3.05, 3.63) is 29.3 Å². The van der Waals surface area contributed by atoms with Crippen molar-refractivity contribution in [2.75, 3.05) is 5.32 Å². The van der Waals surface area contributed by atoms with E-state index in [0.717, 1.165) is 22.6 Å². The molecule has 3 aromatic heterocycles. The predicted octanol–water partition coefficient (Wildman–Crippen LogP) is 1.81. The molecule has 0 aliphatic carbocycles. The first-order chi connectivity index (χ1) is 9.15. The van der Waals surface area contributed by atoms with Gasteiger partial charge in [0.05, 0.1) is 11.4 Å². The van der Waals surface area contributed by atoms with Crippen LogP contribution in [0.15, 0.2) is 12.4 Å². The number of nitrogens with zero attached hydrogens (tertiary/aromatic N) is 5. The van der Waals surface area contributed by atoms with Gasteiger partial charge < -0.3 is 5.32 Å². The molecule has 0 unspecified atom stereocenters. The van der Waals surface area contributed by atoms with Crippen LogP contribution < -0.4 is 5.32 Å². The Balaban J connectivity index is 2.09. The maximum absolute atomic E-state index is 4.45. The summed E-state index contributed by atoms with van der Waals surface area (Å²) in [6.07, 6.45) is 1.46. The highest BCUT2D eigenvalue weighted by atomic mass is 15.3. The highest BCUT2D eigenvalue weighted by Gasteiger charge is 2.11. The van der Waals surface area contributed by atoms with Crippen LogP contribution in [0.5, 0.6) is 0 Å². The molecule has 3 rings (SSSR count). The van der Waals surface area contributed by atoms with E-state index in [1.807, 2.05) is 26.8 Å². The number of hydrogen-bond acceptors (Lipinski definition) is 6. The number of rotatable bonds is 2. The van der Waals surface area contributed by atoms with Gasteiger partial charge in [-0.2, -0.15) is 10.3 Å². The van der Waals surface area contributed by atoms with E-state index in [4.69, 9.17) is 0 Å². The fraction of sp³-hybridized carbons (Fsp3) is 0.250. The molecule has 96 valence electrons. The number of hydrogen-bond donors (Lipinski definition) is 2. The van der Waals surface area contributed by atoms with Crippen molar-refractivity contribution >= 4 is 22.7 Å². The molecule has 0 atom stereocenters. The number of nitrogens with one attached hydrogen (secondary N) is 2. The smallest absolute Gasteiger partial charge is 0.206 e. The summed E-state index contributed by atoms with van der Waals surface area (Å²) < 4.78 is 0. The molecule has 3 aromatic rings. The van der Waals surface area contributed by atoms with Gasteiger partial charge >= 0.3 is 0 Å². The van der Waals surface area contributed by atoms with E-state index in [-0.39, 0.29) is 0 Å². The number of pyridine rings is 1. The molecule has 0 saturated carbocycles. The third kappa shape index (κ3) is 1.99. The lowest BCUT2D eigenvalue weighted by molar-refractivity contribution is 0.954. The maximum Gasteiger partial charge on any atom is 0.206 e. The molecule has 0 amide bonds. The molecular weight excluding hydrogens is 242 g/mol. The fourth-order valence-corrected chi connectivity index (χ4v) is 2.10. The summed E-state index contributed by atoms with van der Waals surface area (Å²) >= 11 is 0. The molecule has 7 nitrogen and oxygen atoms in total. The van der Waals surface area contributed by atoms with Crippen LogP contribution in [-0.4, -0.2) is 30.4 Å². The number of aromatic nitrogens is 6. The van der Waals surface area contributed by atoms with Crippen LogP contribution in [0.4, 0.5) is 11.5 Å². The van der Waals surface area contributed by atoms with Crippen LogP contribution in [0.1, 0.15) is 17.0 Å². The van der Waals surface area contributed by atoms with Gasteiger partial charge in [0.15, 0.2) is 11.3 Å². The topological polar surface area (TPSA) is 92.3 Å². The van der Waals surface area contributed by atoms with E-state index in [0.29, 0.717) is 17.0 Å². The van der Waals surface area contributed by atoms with Crippen LogP contribution in [0.25, 0.3) is 11.2 Å². The Morgan fingerprint density at radius 2 is 1.95 bits per heavy atom. The molecule has 0 aliphatic heterocycles. The third-order valence-corrected chi connectivity index (χ3v) is 2.89. The molecule has 0 aromatic carbocycles. The van der Waals surface area contributed by atoms with Gasteiger partial charge in [-0.1, -0.05) is 0 Å². The average molecular weight is 255 g/mol. The zero-order valence-electron chi connectivity index (χ0n) is 10.9. The van der Waals surface area contributed by atoms with Gasteiger partial charge in [-0.05, 0) is 32.4 Å². The zero-order chi connectivity index (χ0) is 13.4. The molecule has 0 saturated heterocycles. The first-order valence-corrected chi connectivity index (χ1v) is 5.88. The number of anilines is 2. The largest absolute Gasteiger partial charge is 0.336 e. The molecule has 0 spiro atoms. The van der Waals surface area contributed by atoms with E-state index >= 15 is 0 Å². The van der Waals surface area contributed by atoms with Crippen molar-refractivity contribution in [2.24, 2.45) is 0 Å². The Labute approximate surface area is 109 Å². The van der Waals surface area contributed by atoms with Crippen LogP contribution in [-0.2, 0) is 0 Å². The molecule has 7 heteroatoms. The molecule has 3 heterocycles. The van der Waals surface area contributed by atoms with Gasteiger partial charge in [0.25, 0.3) is 0 Å². The molecule has 0 aliphatic rings. The van der Waals surface area contributed by atoms with Gasteiger partial charge in [0, 0.05) is 5.69 Å². The summed E-state index contributed by atoms with van der Waals surface area (Å²) in [5.74, 6) is 0.621. The summed E-state index contributed by atoms with van der Waals surface area (Å²) in [6, 6.07) is 2.02. The Bertz CT molecular complexity index is 724. The molecule has 0 radical (unpaired) electrons. The van der Waals surface area contributed by atoms with Crippen LogP contribution in [0.3, 0.4) is 0 Å². The Kier molecular flexibility index (Phi) is 2.59. The van der Waals surface area contributed by atoms with Gasteiger partial charge in [0.2, 0.25) is 5.65 Å². The second-order valence-electron chi connectivity index (χ2n) is 4.38. The Morgan fingerprint density at radius 1 is 1.11 bits per heavy atom. The van der Waals surface area contributed by atoms with E-state index in [9.17, 15) is 0 Å². The summed E-state index contributed by atoms with van der Waals surface area (Å²) in [6.45, 7) is 5.97. The van der Waals surface area contributed by atoms with Crippen molar-refractivity contribution < 1.29 is 0 Å². The minimum absolute atomic E-state index is 0.535. The number of fused-ring (bicyclic) bond motifs is 1. The van der Waals surface area contributed by atoms with Gasteiger partial charge in [-0.15, -0.1) is 5.10 Å². The number of aryl methyl sites for hydroxylation is 3. The minimum atomic E-state index is 0.535.